The van der Waals surface area contributed by atoms with Crippen LogP contribution >= 0.6 is 23.1 Å². The van der Waals surface area contributed by atoms with Crippen LogP contribution in [0.25, 0.3) is 4.91 Å². The number of aromatic nitrogens is 1. The zero-order valence-electron chi connectivity index (χ0n) is 10.8. The highest BCUT2D eigenvalue weighted by Gasteiger charge is 2.30. The first-order chi connectivity index (χ1) is 9.25. The van der Waals surface area contributed by atoms with Crippen molar-refractivity contribution in [1.29, 1.82) is 0 Å². The number of thiazole rings is 1. The molecule has 0 saturated carbocycles. The van der Waals surface area contributed by atoms with Gasteiger partial charge in [-0.25, -0.2) is 0 Å². The number of hydrogen-bond donors (Lipinski definition) is 0. The van der Waals surface area contributed by atoms with Gasteiger partial charge in [-0.15, -0.1) is 11.3 Å². The molecule has 0 fully saturated rings. The maximum absolute atomic E-state index is 4.15. The van der Waals surface area contributed by atoms with Crippen LogP contribution in [0, 0.1) is 6.20 Å². The second kappa shape index (κ2) is 5.36. The monoisotopic (exact) mass is 288 g/mol. The molecule has 1 radical (unpaired) electrons. The molecule has 1 aliphatic rings. The van der Waals surface area contributed by atoms with Gasteiger partial charge in [-0.3, -0.25) is 9.88 Å². The third kappa shape index (κ3) is 2.54. The van der Waals surface area contributed by atoms with Crippen molar-refractivity contribution in [2.75, 3.05) is 19.0 Å². The minimum absolute atomic E-state index is 0.236. The lowest BCUT2D eigenvalue weighted by molar-refractivity contribution is 0.386. The maximum Gasteiger partial charge on any atom is 0.139 e. The molecule has 2 heterocycles. The van der Waals surface area contributed by atoms with E-state index in [0.717, 1.165) is 10.6 Å². The molecule has 3 rings (SSSR count). The highest BCUT2D eigenvalue weighted by Crippen LogP contribution is 2.42. The zero-order chi connectivity index (χ0) is 13.2. The summed E-state index contributed by atoms with van der Waals surface area (Å²) in [5.41, 5.74) is 3.26. The Morgan fingerprint density at radius 2 is 2.05 bits per heavy atom. The summed E-state index contributed by atoms with van der Waals surface area (Å²) in [5.74, 6) is 0. The van der Waals surface area contributed by atoms with Crippen LogP contribution in [-0.4, -0.2) is 29.5 Å². The second-order valence-corrected chi connectivity index (χ2v) is 6.37. The Morgan fingerprint density at radius 1 is 1.26 bits per heavy atom. The molecule has 0 N–H and O–H groups in total. The van der Waals surface area contributed by atoms with E-state index in [9.17, 15) is 0 Å². The van der Waals surface area contributed by atoms with Crippen molar-refractivity contribution in [3.63, 3.8) is 0 Å². The lowest BCUT2D eigenvalue weighted by atomic mass is 10.3. The summed E-state index contributed by atoms with van der Waals surface area (Å²) in [4.78, 5) is 10.9. The molecule has 2 aromatic rings. The first-order valence-corrected chi connectivity index (χ1v) is 7.71. The molecule has 1 aliphatic heterocycles. The molecule has 0 bridgehead atoms. The van der Waals surface area contributed by atoms with E-state index >= 15 is 0 Å². The maximum atomic E-state index is 4.15. The van der Waals surface area contributed by atoms with E-state index in [1.807, 2.05) is 29.5 Å². The normalized spacial score (nSPS) is 19.0. The van der Waals surface area contributed by atoms with Crippen molar-refractivity contribution in [2.45, 2.75) is 5.50 Å². The Labute approximate surface area is 121 Å². The molecule has 3 nitrogen and oxygen atoms in total. The summed E-state index contributed by atoms with van der Waals surface area (Å²) in [5, 5.41) is 0. The van der Waals surface area contributed by atoms with E-state index in [-0.39, 0.29) is 5.50 Å². The fourth-order valence-electron chi connectivity index (χ4n) is 1.91. The number of nitrogens with zero attached hydrogens (tertiary/aromatic N) is 3. The van der Waals surface area contributed by atoms with Crippen LogP contribution in [0.3, 0.4) is 0 Å². The number of thioether (sulfide) groups is 1. The average molecular weight is 288 g/mol. The SMILES string of the molecule is CN(C)C1SC(c2cncs2)=[C]N1c1ccccc1. The lowest BCUT2D eigenvalue weighted by Gasteiger charge is -2.29. The van der Waals surface area contributed by atoms with Crippen LogP contribution in [0.5, 0.6) is 0 Å². The van der Waals surface area contributed by atoms with Crippen LogP contribution in [0.4, 0.5) is 5.69 Å². The van der Waals surface area contributed by atoms with Gasteiger partial charge in [0.1, 0.15) is 5.50 Å². The Morgan fingerprint density at radius 3 is 2.68 bits per heavy atom. The Balaban J connectivity index is 1.95. The molecule has 97 valence electrons. The van der Waals surface area contributed by atoms with E-state index < -0.39 is 0 Å². The molecule has 1 atom stereocenters. The third-order valence-corrected chi connectivity index (χ3v) is 5.11. The number of hydrogen-bond acceptors (Lipinski definition) is 5. The van der Waals surface area contributed by atoms with Gasteiger partial charge in [-0.1, -0.05) is 30.0 Å². The van der Waals surface area contributed by atoms with Crippen LogP contribution in [-0.2, 0) is 0 Å². The Kier molecular flexibility index (Phi) is 3.59. The Hall–Kier alpha value is -1.30. The largest absolute Gasteiger partial charge is 0.313 e. The van der Waals surface area contributed by atoms with Crippen molar-refractivity contribution in [2.24, 2.45) is 0 Å². The van der Waals surface area contributed by atoms with Gasteiger partial charge < -0.3 is 4.90 Å². The smallest absolute Gasteiger partial charge is 0.139 e. The van der Waals surface area contributed by atoms with E-state index in [2.05, 4.69) is 59.3 Å². The van der Waals surface area contributed by atoms with Crippen molar-refractivity contribution >= 4 is 33.7 Å². The van der Waals surface area contributed by atoms with E-state index in [1.54, 1.807) is 11.3 Å². The minimum atomic E-state index is 0.236. The fourth-order valence-corrected chi connectivity index (χ4v) is 3.73. The lowest BCUT2D eigenvalue weighted by Crippen LogP contribution is -2.37. The molecule has 5 heteroatoms. The molecule has 1 aromatic heterocycles. The van der Waals surface area contributed by atoms with E-state index in [0.29, 0.717) is 0 Å². The number of benzene rings is 1. The second-order valence-electron chi connectivity index (χ2n) is 4.42. The van der Waals surface area contributed by atoms with Crippen LogP contribution in [0.15, 0.2) is 42.0 Å². The zero-order valence-corrected chi connectivity index (χ0v) is 12.4. The van der Waals surface area contributed by atoms with Crippen LogP contribution in [0.2, 0.25) is 0 Å². The van der Waals surface area contributed by atoms with Gasteiger partial charge in [0, 0.05) is 11.9 Å². The summed E-state index contributed by atoms with van der Waals surface area (Å²) in [7, 11) is 4.18. The first-order valence-electron chi connectivity index (χ1n) is 5.95. The van der Waals surface area contributed by atoms with Crippen molar-refractivity contribution < 1.29 is 0 Å². The Bertz CT molecular complexity index is 564. The molecular weight excluding hydrogens is 274 g/mol. The quantitative estimate of drug-likeness (QED) is 0.862. The molecule has 19 heavy (non-hydrogen) atoms. The van der Waals surface area contributed by atoms with Gasteiger partial charge in [0.15, 0.2) is 0 Å². The number of anilines is 1. The number of rotatable bonds is 3. The summed E-state index contributed by atoms with van der Waals surface area (Å²) in [6.07, 6.45) is 5.39. The summed E-state index contributed by atoms with van der Waals surface area (Å²) < 4.78 is 0. The predicted molar refractivity (Wildman–Crippen MR) is 82.8 cm³/mol. The van der Waals surface area contributed by atoms with Gasteiger partial charge in [0.25, 0.3) is 0 Å². The highest BCUT2D eigenvalue weighted by molar-refractivity contribution is 8.09. The molecular formula is C14H14N3S2. The molecule has 1 aromatic carbocycles. The molecule has 0 amide bonds. The average Bonchev–Trinajstić information content (AvgIpc) is 3.08. The van der Waals surface area contributed by atoms with Gasteiger partial charge in [0.2, 0.25) is 0 Å². The van der Waals surface area contributed by atoms with E-state index in [1.165, 1.54) is 4.88 Å². The molecule has 0 aliphatic carbocycles. The predicted octanol–water partition coefficient (Wildman–Crippen LogP) is 3.34. The standard InChI is InChI=1S/C14H14N3S2/c1-16(2)14-17(11-6-4-3-5-7-11)9-13(19-14)12-8-15-10-18-12/h3-8,10,14H,1-2H3. The fraction of sp³-hybridized carbons (Fsp3) is 0.214. The van der Waals surface area contributed by atoms with Crippen LogP contribution in [0.1, 0.15) is 4.88 Å². The summed E-state index contributed by atoms with van der Waals surface area (Å²) in [6.45, 7) is 0. The van der Waals surface area contributed by atoms with Crippen molar-refractivity contribution in [1.82, 2.24) is 9.88 Å². The third-order valence-electron chi connectivity index (χ3n) is 2.80. The van der Waals surface area contributed by atoms with Gasteiger partial charge in [0.05, 0.1) is 21.5 Å². The topological polar surface area (TPSA) is 19.4 Å². The summed E-state index contributed by atoms with van der Waals surface area (Å²) in [6, 6.07) is 10.4. The van der Waals surface area contributed by atoms with E-state index in [4.69, 9.17) is 0 Å². The molecule has 0 saturated heterocycles. The first kappa shape index (κ1) is 12.7. The van der Waals surface area contributed by atoms with Gasteiger partial charge in [-0.05, 0) is 26.2 Å². The molecule has 1 unspecified atom stereocenters. The summed E-state index contributed by atoms with van der Waals surface area (Å²) >= 11 is 3.46. The minimum Gasteiger partial charge on any atom is -0.313 e. The van der Waals surface area contributed by atoms with Crippen molar-refractivity contribution in [3.05, 3.63) is 53.1 Å². The van der Waals surface area contributed by atoms with Crippen molar-refractivity contribution in [3.8, 4) is 0 Å². The van der Waals surface area contributed by atoms with Gasteiger partial charge >= 0.3 is 0 Å². The van der Waals surface area contributed by atoms with Crippen LogP contribution < -0.4 is 4.90 Å². The highest BCUT2D eigenvalue weighted by atomic mass is 32.2. The molecule has 0 spiro atoms. The van der Waals surface area contributed by atoms with Gasteiger partial charge in [-0.2, -0.15) is 0 Å². The number of para-hydroxylation sites is 1.